The lowest BCUT2D eigenvalue weighted by Gasteiger charge is -2.47. The lowest BCUT2D eigenvalue weighted by molar-refractivity contribution is -0.349. The van der Waals surface area contributed by atoms with Crippen molar-refractivity contribution in [3.05, 3.63) is 77.9 Å². The maximum atomic E-state index is 14.0. The van der Waals surface area contributed by atoms with Gasteiger partial charge in [-0.2, -0.15) is 0 Å². The monoisotopic (exact) mass is 771 g/mol. The Labute approximate surface area is 324 Å². The number of aromatic nitrogens is 1. The number of aliphatic hydroxyl groups is 1. The number of para-hydroxylation sites is 1. The first-order chi connectivity index (χ1) is 27.4. The van der Waals surface area contributed by atoms with Gasteiger partial charge in [-0.05, 0) is 69.5 Å². The van der Waals surface area contributed by atoms with Crippen LogP contribution in [0, 0.1) is 11.8 Å². The summed E-state index contributed by atoms with van der Waals surface area (Å²) < 4.78 is 68.0. The molecule has 0 radical (unpaired) electrons. The number of nitrogens with zero attached hydrogens (tertiary/aromatic N) is 1. The van der Waals surface area contributed by atoms with Crippen LogP contribution in [0.1, 0.15) is 82.2 Å². The maximum Gasteiger partial charge on any atom is 0.316 e. The van der Waals surface area contributed by atoms with Gasteiger partial charge in [-0.25, -0.2) is 13.4 Å². The third-order valence-electron chi connectivity index (χ3n) is 9.40. The number of pyridine rings is 1. The molecule has 0 unspecified atom stereocenters. The smallest absolute Gasteiger partial charge is 0.316 e. The zero-order chi connectivity index (χ0) is 44.0. The van der Waals surface area contributed by atoms with Gasteiger partial charge in [0, 0.05) is 42.4 Å². The van der Waals surface area contributed by atoms with Gasteiger partial charge in [0.2, 0.25) is 23.2 Å². The van der Waals surface area contributed by atoms with Crippen molar-refractivity contribution >= 4 is 44.6 Å². The van der Waals surface area contributed by atoms with Gasteiger partial charge in [-0.15, -0.1) is 0 Å². The molecular weight excluding hydrogens is 713 g/mol. The van der Waals surface area contributed by atoms with Crippen molar-refractivity contribution in [1.29, 1.82) is 0 Å². The number of hydrogen-bond donors (Lipinski definition) is 5. The lowest BCUT2D eigenvalue weighted by atomic mass is 9.72. The fourth-order valence-electron chi connectivity index (χ4n) is 7.03. The summed E-state index contributed by atoms with van der Waals surface area (Å²) in [5.41, 5.74) is 5.34. The number of primary amides is 1. The minimum absolute atomic E-state index is 0.00226. The predicted octanol–water partition coefficient (Wildman–Crippen LogP) is 1.67. The van der Waals surface area contributed by atoms with E-state index in [1.165, 1.54) is 0 Å². The normalized spacial score (nSPS) is 21.9. The predicted molar refractivity (Wildman–Crippen MR) is 203 cm³/mol. The van der Waals surface area contributed by atoms with Crippen LogP contribution in [0.3, 0.4) is 0 Å². The number of aliphatic hydroxyl groups excluding tert-OH is 1. The number of H-pyrrole nitrogens is 1. The van der Waals surface area contributed by atoms with Crippen LogP contribution < -0.4 is 26.7 Å². The van der Waals surface area contributed by atoms with Crippen molar-refractivity contribution in [3.8, 4) is 0 Å². The molecule has 1 saturated heterocycles. The Hall–Kier alpha value is -4.44. The molecule has 0 spiro atoms. The fraction of sp³-hybridized carbons (Fsp3) is 0.513. The zero-order valence-corrected chi connectivity index (χ0v) is 31.8. The number of amides is 4. The van der Waals surface area contributed by atoms with Gasteiger partial charge < -0.3 is 31.3 Å². The van der Waals surface area contributed by atoms with Crippen molar-refractivity contribution in [2.24, 2.45) is 17.6 Å². The van der Waals surface area contributed by atoms with Crippen molar-refractivity contribution < 1.29 is 49.1 Å². The summed E-state index contributed by atoms with van der Waals surface area (Å²) in [5.74, 6) is -2.02. The number of carbonyl (C=O) groups is 4. The number of nitrogens with two attached hydrogens (primary N) is 1. The van der Waals surface area contributed by atoms with E-state index in [0.29, 0.717) is 31.1 Å². The highest BCUT2D eigenvalue weighted by Gasteiger charge is 2.42. The molecular formula is C39H54N6O8S. The van der Waals surface area contributed by atoms with Gasteiger partial charge in [0.05, 0.1) is 41.6 Å². The molecule has 2 aliphatic rings. The number of carbonyl (C=O) groups excluding carboxylic acids is 4. The van der Waals surface area contributed by atoms with Crippen LogP contribution in [0.2, 0.25) is 0 Å². The third-order valence-corrected chi connectivity index (χ3v) is 9.40. The molecule has 6 atom stereocenters. The molecule has 2 aromatic carbocycles. The van der Waals surface area contributed by atoms with Gasteiger partial charge in [0.25, 0.3) is 5.69 Å². The Morgan fingerprint density at radius 3 is 2.33 bits per heavy atom. The Bertz CT molecular complexity index is 2140. The Morgan fingerprint density at radius 1 is 1.04 bits per heavy atom. The van der Waals surface area contributed by atoms with Crippen molar-refractivity contribution in [2.75, 3.05) is 19.3 Å². The summed E-state index contributed by atoms with van der Waals surface area (Å²) in [6.07, 6.45) is 4.02. The largest absolute Gasteiger partial charge is 0.748 e. The second-order valence-corrected chi connectivity index (χ2v) is 16.5. The van der Waals surface area contributed by atoms with Crippen LogP contribution in [-0.4, -0.2) is 95.7 Å². The molecule has 1 aliphatic carbocycles. The minimum Gasteiger partial charge on any atom is -0.748 e. The van der Waals surface area contributed by atoms with Crippen LogP contribution in [0.5, 0.6) is 0 Å². The standard InChI is InChI=1S/C38H50N6O5.CH4O3S/c1-38(2,3)43-37(49)32-20-26-14-7-8-15-27(26)22-44(32)23-33(45)30(19-24-11-5-4-6-12-24)41-36(48)31(21-34(39)46)42-35(47)29-18-17-25-13-9-10-16-28(25)40-29;1-5(2,3)4/h4-6,9-13,16-18,26-27,30-33,45H,7-8,14-15,19-23H2,1-3H3,(H2,39,46)(H,41,48)(H,42,47)(H,43,49);1H3,(H,2,3,4)/t26-,27+,30-,31-,32-,33+;/m0./s1/i9D,10D,13D,16D,18D;. The van der Waals surface area contributed by atoms with E-state index in [2.05, 4.69) is 20.9 Å². The van der Waals surface area contributed by atoms with E-state index in [4.69, 9.17) is 25.6 Å². The van der Waals surface area contributed by atoms with E-state index in [1.54, 1.807) is 0 Å². The Balaban J connectivity index is 0.00000145. The molecule has 14 nitrogen and oxygen atoms in total. The number of rotatable bonds is 12. The highest BCUT2D eigenvalue weighted by molar-refractivity contribution is 7.84. The van der Waals surface area contributed by atoms with Gasteiger partial charge in [-0.1, -0.05) is 61.7 Å². The van der Waals surface area contributed by atoms with E-state index < -0.39 is 93.9 Å². The first-order valence-electron chi connectivity index (χ1n) is 20.4. The fourth-order valence-corrected chi connectivity index (χ4v) is 7.03. The van der Waals surface area contributed by atoms with Crippen LogP contribution in [0.4, 0.5) is 0 Å². The summed E-state index contributed by atoms with van der Waals surface area (Å²) in [4.78, 5) is 58.0. The van der Waals surface area contributed by atoms with Crippen LogP contribution >= 0.6 is 0 Å². The van der Waals surface area contributed by atoms with Gasteiger partial charge in [0.15, 0.2) is 0 Å². The van der Waals surface area contributed by atoms with E-state index in [1.807, 2.05) is 56.0 Å². The first-order valence-corrected chi connectivity index (χ1v) is 19.8. The molecule has 294 valence electrons. The lowest BCUT2D eigenvalue weighted by Crippen LogP contribution is -2.61. The van der Waals surface area contributed by atoms with E-state index in [0.717, 1.165) is 37.3 Å². The molecule has 1 saturated carbocycles. The summed E-state index contributed by atoms with van der Waals surface area (Å²) in [5, 5.41) is 20.3. The third kappa shape index (κ3) is 13.4. The van der Waals surface area contributed by atoms with Gasteiger partial charge in [-0.3, -0.25) is 24.1 Å². The number of nitrogens with one attached hydrogen (secondary N) is 4. The molecule has 15 heteroatoms. The highest BCUT2D eigenvalue weighted by atomic mass is 32.2. The molecule has 5 rings (SSSR count). The van der Waals surface area contributed by atoms with Crippen molar-refractivity contribution in [1.82, 2.24) is 20.9 Å². The molecule has 4 amide bonds. The zero-order valence-electron chi connectivity index (χ0n) is 36.0. The first kappa shape index (κ1) is 35.3. The molecule has 3 aromatic rings. The highest BCUT2D eigenvalue weighted by Crippen LogP contribution is 2.39. The second kappa shape index (κ2) is 18.7. The number of β-amino-alcohol motifs (C(OH)–C–C–N with tert-alkyl or cyclic N) is 1. The summed E-state index contributed by atoms with van der Waals surface area (Å²) in [7, 11) is -3.92. The van der Waals surface area contributed by atoms with Gasteiger partial charge in [0.1, 0.15) is 6.04 Å². The number of aromatic amines is 1. The maximum absolute atomic E-state index is 14.0. The molecule has 2 fully saturated rings. The summed E-state index contributed by atoms with van der Waals surface area (Å²) in [6, 6.07) is 5.12. The summed E-state index contributed by atoms with van der Waals surface area (Å²) in [6.45, 7) is 6.48. The average Bonchev–Trinajstić information content (AvgIpc) is 3.14. The Morgan fingerprint density at radius 2 is 1.69 bits per heavy atom. The van der Waals surface area contributed by atoms with Crippen molar-refractivity contribution in [2.45, 2.75) is 95.5 Å². The number of fused-ring (bicyclic) bond motifs is 2. The van der Waals surface area contributed by atoms with Crippen LogP contribution in [0.15, 0.2) is 66.6 Å². The van der Waals surface area contributed by atoms with E-state index >= 15 is 0 Å². The van der Waals surface area contributed by atoms with Crippen LogP contribution in [0.25, 0.3) is 10.9 Å². The van der Waals surface area contributed by atoms with E-state index in [-0.39, 0.29) is 35.8 Å². The topological polar surface area (TPSA) is 225 Å². The number of hydrogen-bond acceptors (Lipinski definition) is 9. The number of likely N-dealkylation sites (tertiary alicyclic amines) is 1. The SMILES string of the molecule is CS(=O)(=O)[O-].[2H]c1cc2c([2H])c([2H])c([2H])c([2H])c2[nH+]c1C(=O)N[C@@H](CC(N)=O)C(=O)N[C@@H](Cc1ccccc1)[C@H](O)CN1C[C@H]2CCCC[C@H]2C[C@H]1C(=O)NC(C)(C)C. The van der Waals surface area contributed by atoms with Crippen LogP contribution in [-0.2, 0) is 30.9 Å². The van der Waals surface area contributed by atoms with Gasteiger partial charge >= 0.3 is 5.91 Å². The molecule has 0 bridgehead atoms. The van der Waals surface area contributed by atoms with E-state index in [9.17, 15) is 24.3 Å². The van der Waals surface area contributed by atoms with Crippen molar-refractivity contribution in [3.63, 3.8) is 0 Å². The molecule has 54 heavy (non-hydrogen) atoms. The Kier molecular flexibility index (Phi) is 12.2. The molecule has 7 N–H and O–H groups in total. The molecule has 2 heterocycles. The number of piperidine rings is 1. The summed E-state index contributed by atoms with van der Waals surface area (Å²) >= 11 is 0. The molecule has 1 aliphatic heterocycles. The number of benzene rings is 2. The molecule has 1 aromatic heterocycles. The second-order valence-electron chi connectivity index (χ2n) is 15.1. The average molecular weight is 772 g/mol. The minimum atomic E-state index is -3.92. The quantitative estimate of drug-likeness (QED) is 0.169.